The topological polar surface area (TPSA) is 15.3 Å². The third-order valence-electron chi connectivity index (χ3n) is 5.18. The second-order valence-corrected chi connectivity index (χ2v) is 6.61. The van der Waals surface area contributed by atoms with Crippen LogP contribution in [0.15, 0.2) is 0 Å². The van der Waals surface area contributed by atoms with Gasteiger partial charge >= 0.3 is 0 Å². The minimum atomic E-state index is -2.09. The van der Waals surface area contributed by atoms with E-state index in [1.165, 1.54) is 0 Å². The maximum Gasteiger partial charge on any atom is 0.200 e. The van der Waals surface area contributed by atoms with E-state index in [0.29, 0.717) is 26.2 Å². The number of benzene rings is 1. The third-order valence-corrected chi connectivity index (χ3v) is 5.18. The Labute approximate surface area is 162 Å². The van der Waals surface area contributed by atoms with Crippen molar-refractivity contribution in [1.82, 2.24) is 10.2 Å². The van der Waals surface area contributed by atoms with E-state index >= 15 is 0 Å². The van der Waals surface area contributed by atoms with E-state index in [0.717, 1.165) is 32.1 Å². The quantitative estimate of drug-likeness (QED) is 0.431. The van der Waals surface area contributed by atoms with Crippen molar-refractivity contribution in [3.8, 4) is 0 Å². The second kappa shape index (κ2) is 10.1. The van der Waals surface area contributed by atoms with Gasteiger partial charge in [0.05, 0.1) is 0 Å². The number of hydrogen-bond donors (Lipinski definition) is 1. The summed E-state index contributed by atoms with van der Waals surface area (Å²) < 4.78 is 69.6. The summed E-state index contributed by atoms with van der Waals surface area (Å²) in [6.07, 6.45) is 4.37. The van der Waals surface area contributed by atoms with Crippen LogP contribution >= 0.6 is 24.8 Å². The zero-order valence-electron chi connectivity index (χ0n) is 14.2. The fourth-order valence-electron chi connectivity index (χ4n) is 4.01. The lowest BCUT2D eigenvalue weighted by atomic mass is 9.79. The maximum atomic E-state index is 14.4. The normalized spacial score (nSPS) is 20.2. The van der Waals surface area contributed by atoms with Gasteiger partial charge in [0.2, 0.25) is 5.82 Å². The van der Waals surface area contributed by atoms with Gasteiger partial charge in [-0.25, -0.2) is 22.0 Å². The highest BCUT2D eigenvalue weighted by atomic mass is 35.5. The molecule has 3 rings (SSSR count). The largest absolute Gasteiger partial charge is 0.314 e. The monoisotopic (exact) mass is 420 g/mol. The first-order chi connectivity index (χ1) is 11.5. The molecule has 150 valence electrons. The molecule has 1 N–H and O–H groups in total. The third kappa shape index (κ3) is 4.43. The summed E-state index contributed by atoms with van der Waals surface area (Å²) in [5, 5.41) is 3.15. The van der Waals surface area contributed by atoms with Gasteiger partial charge in [0.15, 0.2) is 23.3 Å². The molecule has 1 saturated heterocycles. The van der Waals surface area contributed by atoms with E-state index in [-0.39, 0.29) is 30.7 Å². The molecule has 2 nitrogen and oxygen atoms in total. The Morgan fingerprint density at radius 2 is 1.19 bits per heavy atom. The number of piperazine rings is 1. The number of nitrogens with one attached hydrogen (secondary N) is 1. The maximum absolute atomic E-state index is 14.4. The fraction of sp³-hybridized carbons (Fsp3) is 0.647. The molecule has 1 aromatic carbocycles. The molecule has 2 aliphatic rings. The molecule has 2 fully saturated rings. The van der Waals surface area contributed by atoms with E-state index in [9.17, 15) is 22.0 Å². The summed E-state index contributed by atoms with van der Waals surface area (Å²) in [6, 6.07) is -0.767. The Hall–Kier alpha value is -0.630. The first-order valence-corrected chi connectivity index (χ1v) is 8.48. The lowest BCUT2D eigenvalue weighted by molar-refractivity contribution is 0.0957. The van der Waals surface area contributed by atoms with Gasteiger partial charge in [-0.2, -0.15) is 0 Å². The summed E-state index contributed by atoms with van der Waals surface area (Å²) in [5.74, 6) is -9.23. The van der Waals surface area contributed by atoms with Crippen LogP contribution in [0, 0.1) is 35.0 Å². The van der Waals surface area contributed by atoms with Crippen molar-refractivity contribution in [2.24, 2.45) is 5.92 Å². The van der Waals surface area contributed by atoms with Gasteiger partial charge < -0.3 is 5.32 Å². The van der Waals surface area contributed by atoms with Gasteiger partial charge in [-0.1, -0.05) is 19.3 Å². The first kappa shape index (κ1) is 23.4. The van der Waals surface area contributed by atoms with Crippen molar-refractivity contribution >= 4 is 24.8 Å². The Bertz CT molecular complexity index is 558. The predicted octanol–water partition coefficient (Wildman–Crippen LogP) is 4.75. The van der Waals surface area contributed by atoms with Crippen LogP contribution in [0.25, 0.3) is 0 Å². The highest BCUT2D eigenvalue weighted by Gasteiger charge is 2.38. The predicted molar refractivity (Wildman–Crippen MR) is 94.5 cm³/mol. The molecule has 1 atom stereocenters. The summed E-state index contributed by atoms with van der Waals surface area (Å²) in [7, 11) is 0. The molecule has 0 spiro atoms. The van der Waals surface area contributed by atoms with Gasteiger partial charge in [0, 0.05) is 37.8 Å². The van der Waals surface area contributed by atoms with Crippen LogP contribution < -0.4 is 5.32 Å². The van der Waals surface area contributed by atoms with Gasteiger partial charge in [-0.3, -0.25) is 4.90 Å². The number of halogens is 7. The summed E-state index contributed by atoms with van der Waals surface area (Å²) >= 11 is 0. The molecule has 9 heteroatoms. The highest BCUT2D eigenvalue weighted by molar-refractivity contribution is 5.85. The molecule has 0 unspecified atom stereocenters. The van der Waals surface area contributed by atoms with Crippen molar-refractivity contribution in [2.45, 2.75) is 38.1 Å². The molecule has 0 bridgehead atoms. The van der Waals surface area contributed by atoms with E-state index in [1.54, 1.807) is 0 Å². The van der Waals surface area contributed by atoms with Crippen molar-refractivity contribution in [1.29, 1.82) is 0 Å². The molecule has 0 amide bonds. The van der Waals surface area contributed by atoms with Gasteiger partial charge in [0.25, 0.3) is 0 Å². The van der Waals surface area contributed by atoms with Crippen molar-refractivity contribution in [3.63, 3.8) is 0 Å². The molecule has 26 heavy (non-hydrogen) atoms. The van der Waals surface area contributed by atoms with Crippen LogP contribution in [0.5, 0.6) is 0 Å². The molecular weight excluding hydrogens is 398 g/mol. The van der Waals surface area contributed by atoms with Gasteiger partial charge in [-0.15, -0.1) is 24.8 Å². The molecular formula is C17H23Cl2F5N2. The van der Waals surface area contributed by atoms with Crippen LogP contribution in [0.2, 0.25) is 0 Å². The van der Waals surface area contributed by atoms with Crippen molar-refractivity contribution in [3.05, 3.63) is 34.6 Å². The Morgan fingerprint density at radius 3 is 1.69 bits per heavy atom. The van der Waals surface area contributed by atoms with Crippen LogP contribution in [-0.4, -0.2) is 31.1 Å². The molecule has 1 aromatic rings. The lowest BCUT2D eigenvalue weighted by Gasteiger charge is -2.41. The molecule has 1 aliphatic carbocycles. The summed E-state index contributed by atoms with van der Waals surface area (Å²) in [5.41, 5.74) is -0.653. The van der Waals surface area contributed by atoms with Crippen LogP contribution in [0.4, 0.5) is 22.0 Å². The molecule has 1 saturated carbocycles. The Morgan fingerprint density at radius 1 is 0.731 bits per heavy atom. The van der Waals surface area contributed by atoms with Crippen LogP contribution in [0.3, 0.4) is 0 Å². The molecule has 0 radical (unpaired) electrons. The number of rotatable bonds is 3. The van der Waals surface area contributed by atoms with E-state index in [1.807, 2.05) is 4.90 Å². The van der Waals surface area contributed by atoms with Crippen LogP contribution in [0.1, 0.15) is 43.7 Å². The zero-order valence-corrected chi connectivity index (χ0v) is 15.8. The fourth-order valence-corrected chi connectivity index (χ4v) is 4.01. The van der Waals surface area contributed by atoms with Gasteiger partial charge in [0.1, 0.15) is 0 Å². The standard InChI is InChI=1S/C17H21F5N2.2ClH/c18-12-11(13(19)15(21)16(22)14(12)20)17(10-4-2-1-3-5-10)24-8-6-23-7-9-24;;/h10,17,23H,1-9H2;2*1H/t17-;;/m1../s1. The SMILES string of the molecule is Cl.Cl.Fc1c(F)c(F)c([C@@H](C2CCCCC2)N2CCNCC2)c(F)c1F. The van der Waals surface area contributed by atoms with E-state index in [2.05, 4.69) is 5.32 Å². The average molecular weight is 421 g/mol. The minimum absolute atomic E-state index is 0. The Balaban J connectivity index is 0.00000169. The van der Waals surface area contributed by atoms with Gasteiger partial charge in [-0.05, 0) is 18.8 Å². The average Bonchev–Trinajstić information content (AvgIpc) is 2.63. The summed E-state index contributed by atoms with van der Waals surface area (Å²) in [6.45, 7) is 2.33. The van der Waals surface area contributed by atoms with Crippen LogP contribution in [-0.2, 0) is 0 Å². The zero-order chi connectivity index (χ0) is 17.3. The lowest BCUT2D eigenvalue weighted by Crippen LogP contribution is -2.47. The molecule has 1 heterocycles. The molecule has 0 aromatic heterocycles. The van der Waals surface area contributed by atoms with Crippen molar-refractivity contribution < 1.29 is 22.0 Å². The number of hydrogen-bond acceptors (Lipinski definition) is 2. The van der Waals surface area contributed by atoms with Crippen molar-refractivity contribution in [2.75, 3.05) is 26.2 Å². The minimum Gasteiger partial charge on any atom is -0.314 e. The Kier molecular flexibility index (Phi) is 9.06. The first-order valence-electron chi connectivity index (χ1n) is 8.48. The highest BCUT2D eigenvalue weighted by Crippen LogP contribution is 2.41. The van der Waals surface area contributed by atoms with E-state index in [4.69, 9.17) is 0 Å². The summed E-state index contributed by atoms with van der Waals surface area (Å²) in [4.78, 5) is 1.87. The molecule has 1 aliphatic heterocycles. The number of nitrogens with zero attached hydrogens (tertiary/aromatic N) is 1. The van der Waals surface area contributed by atoms with E-state index < -0.39 is 40.7 Å². The smallest absolute Gasteiger partial charge is 0.200 e. The second-order valence-electron chi connectivity index (χ2n) is 6.61.